The van der Waals surface area contributed by atoms with Crippen molar-refractivity contribution in [3.05, 3.63) is 41.2 Å². The van der Waals surface area contributed by atoms with Crippen molar-refractivity contribution in [3.8, 4) is 0 Å². The second-order valence-electron chi connectivity index (χ2n) is 7.01. The van der Waals surface area contributed by atoms with Crippen LogP contribution in [0.5, 0.6) is 0 Å². The van der Waals surface area contributed by atoms with Gasteiger partial charge in [0.25, 0.3) is 0 Å². The first-order chi connectivity index (χ1) is 12.6. The van der Waals surface area contributed by atoms with Gasteiger partial charge in [-0.15, -0.1) is 0 Å². The molecule has 1 aromatic heterocycles. The Balaban J connectivity index is 0.00000114. The number of alkyl halides is 3. The van der Waals surface area contributed by atoms with E-state index in [1.165, 1.54) is 6.42 Å². The number of carbonyl (C=O) groups excluding carboxylic acids is 1. The summed E-state index contributed by atoms with van der Waals surface area (Å²) in [7, 11) is 1.69. The van der Waals surface area contributed by atoms with Crippen molar-refractivity contribution >= 4 is 5.91 Å². The summed E-state index contributed by atoms with van der Waals surface area (Å²) in [4.78, 5) is 17.7. The summed E-state index contributed by atoms with van der Waals surface area (Å²) >= 11 is 0. The minimum Gasteiger partial charge on any atom is -0.345 e. The molecular weight excluding hydrogens is 355 g/mol. The molecule has 0 radical (unpaired) electrons. The number of halogens is 3. The van der Waals surface area contributed by atoms with E-state index in [9.17, 15) is 18.0 Å². The third-order valence-electron chi connectivity index (χ3n) is 4.27. The molecule has 0 saturated heterocycles. The van der Waals surface area contributed by atoms with Gasteiger partial charge < -0.3 is 10.6 Å². The van der Waals surface area contributed by atoms with Crippen molar-refractivity contribution in [1.29, 1.82) is 0 Å². The lowest BCUT2D eigenvalue weighted by Gasteiger charge is -2.19. The Labute approximate surface area is 159 Å². The fraction of sp³-hybridized carbons (Fsp3) is 0.600. The van der Waals surface area contributed by atoms with Crippen LogP contribution in [-0.4, -0.2) is 35.4 Å². The van der Waals surface area contributed by atoms with Gasteiger partial charge in [0.05, 0.1) is 5.56 Å². The van der Waals surface area contributed by atoms with Crippen molar-refractivity contribution in [2.45, 2.75) is 58.7 Å². The highest BCUT2D eigenvalue weighted by Crippen LogP contribution is 2.29. The van der Waals surface area contributed by atoms with E-state index in [-0.39, 0.29) is 17.9 Å². The normalized spacial score (nSPS) is 18.8. The third kappa shape index (κ3) is 7.71. The molecule has 2 unspecified atom stereocenters. The van der Waals surface area contributed by atoms with Gasteiger partial charge in [-0.05, 0) is 30.9 Å². The van der Waals surface area contributed by atoms with Crippen molar-refractivity contribution in [2.24, 2.45) is 11.7 Å². The van der Waals surface area contributed by atoms with Gasteiger partial charge in [-0.25, -0.2) is 0 Å². The van der Waals surface area contributed by atoms with E-state index in [4.69, 9.17) is 5.73 Å². The zero-order chi connectivity index (χ0) is 20.6. The molecule has 4 nitrogen and oxygen atoms in total. The average molecular weight is 385 g/mol. The van der Waals surface area contributed by atoms with E-state index in [0.717, 1.165) is 18.7 Å². The molecule has 1 aromatic rings. The molecule has 0 spiro atoms. The first-order valence-corrected chi connectivity index (χ1v) is 9.29. The van der Waals surface area contributed by atoms with E-state index >= 15 is 0 Å². The number of nitrogens with two attached hydrogens (primary N) is 1. The van der Waals surface area contributed by atoms with Gasteiger partial charge in [0.1, 0.15) is 0 Å². The summed E-state index contributed by atoms with van der Waals surface area (Å²) in [5.74, 6) is 0.171. The van der Waals surface area contributed by atoms with Crippen LogP contribution in [0.1, 0.15) is 49.9 Å². The number of aryl methyl sites for hydroxylation is 1. The van der Waals surface area contributed by atoms with E-state index in [1.54, 1.807) is 18.9 Å². The number of hydrogen-bond acceptors (Lipinski definition) is 3. The molecule has 1 heterocycles. The molecule has 7 heteroatoms. The van der Waals surface area contributed by atoms with Crippen LogP contribution in [-0.2, 0) is 17.4 Å². The number of carbonyl (C=O) groups is 1. The SMILES string of the molecule is CCC.Cc1cc(C(F)(F)F)cnc1CCN(C)C(=O)CC1C=CC(N)C1. The van der Waals surface area contributed by atoms with Crippen molar-refractivity contribution in [1.82, 2.24) is 9.88 Å². The number of hydrogen-bond donors (Lipinski definition) is 1. The van der Waals surface area contributed by atoms with Gasteiger partial charge in [-0.3, -0.25) is 9.78 Å². The molecule has 1 amide bonds. The van der Waals surface area contributed by atoms with Crippen molar-refractivity contribution in [3.63, 3.8) is 0 Å². The molecule has 2 rings (SSSR count). The summed E-state index contributed by atoms with van der Waals surface area (Å²) in [5.41, 5.74) is 6.07. The molecule has 2 atom stereocenters. The zero-order valence-corrected chi connectivity index (χ0v) is 16.5. The monoisotopic (exact) mass is 385 g/mol. The summed E-state index contributed by atoms with van der Waals surface area (Å²) in [5, 5.41) is 0. The smallest absolute Gasteiger partial charge is 0.345 e. The van der Waals surface area contributed by atoms with E-state index in [1.807, 2.05) is 12.2 Å². The Morgan fingerprint density at radius 2 is 1.96 bits per heavy atom. The number of rotatable bonds is 5. The van der Waals surface area contributed by atoms with E-state index in [0.29, 0.717) is 30.6 Å². The molecule has 152 valence electrons. The number of likely N-dealkylation sites (N-methyl/N-ethyl adjacent to an activating group) is 1. The van der Waals surface area contributed by atoms with Crippen molar-refractivity contribution < 1.29 is 18.0 Å². The Hall–Kier alpha value is -1.89. The van der Waals surface area contributed by atoms with Crippen LogP contribution >= 0.6 is 0 Å². The Morgan fingerprint density at radius 1 is 1.33 bits per heavy atom. The predicted octanol–water partition coefficient (Wildman–Crippen LogP) is 4.12. The standard InChI is InChI=1S/C17H22F3N3O.C3H8/c1-11-7-13(17(18,19)20)10-22-15(11)5-6-23(2)16(24)9-12-3-4-14(21)8-12;1-3-2/h3-4,7,10,12,14H,5-6,8-9,21H2,1-2H3;3H2,1-2H3. The minimum absolute atomic E-state index is 0.00307. The van der Waals surface area contributed by atoms with Crippen LogP contribution < -0.4 is 5.73 Å². The number of pyridine rings is 1. The molecule has 0 fully saturated rings. The lowest BCUT2D eigenvalue weighted by atomic mass is 10.0. The maximum atomic E-state index is 12.6. The Kier molecular flexibility index (Phi) is 8.96. The number of aromatic nitrogens is 1. The van der Waals surface area contributed by atoms with Gasteiger partial charge in [0.15, 0.2) is 0 Å². The molecule has 0 saturated carbocycles. The van der Waals surface area contributed by atoms with Gasteiger partial charge in [0, 0.05) is 44.4 Å². The highest BCUT2D eigenvalue weighted by atomic mass is 19.4. The number of allylic oxidation sites excluding steroid dienone is 1. The van der Waals surface area contributed by atoms with Crippen LogP contribution in [0.15, 0.2) is 24.4 Å². The molecule has 1 aliphatic carbocycles. The number of nitrogens with zero attached hydrogens (tertiary/aromatic N) is 2. The fourth-order valence-electron chi connectivity index (χ4n) is 2.76. The van der Waals surface area contributed by atoms with Gasteiger partial charge in [0.2, 0.25) is 5.91 Å². The lowest BCUT2D eigenvalue weighted by Crippen LogP contribution is -2.30. The summed E-state index contributed by atoms with van der Waals surface area (Å²) < 4.78 is 37.9. The van der Waals surface area contributed by atoms with Crippen LogP contribution in [0, 0.1) is 12.8 Å². The summed E-state index contributed by atoms with van der Waals surface area (Å²) in [6, 6.07) is 1.11. The van der Waals surface area contributed by atoms with Crippen LogP contribution in [0.3, 0.4) is 0 Å². The Bertz CT molecular complexity index is 644. The zero-order valence-electron chi connectivity index (χ0n) is 16.5. The summed E-state index contributed by atoms with van der Waals surface area (Å²) in [6.45, 7) is 6.27. The van der Waals surface area contributed by atoms with E-state index < -0.39 is 11.7 Å². The molecule has 27 heavy (non-hydrogen) atoms. The average Bonchev–Trinajstić information content (AvgIpc) is 2.98. The van der Waals surface area contributed by atoms with Crippen LogP contribution in [0.4, 0.5) is 13.2 Å². The van der Waals surface area contributed by atoms with E-state index in [2.05, 4.69) is 18.8 Å². The highest BCUT2D eigenvalue weighted by molar-refractivity contribution is 5.76. The molecule has 0 aromatic carbocycles. The fourth-order valence-corrected chi connectivity index (χ4v) is 2.76. The first-order valence-electron chi connectivity index (χ1n) is 9.29. The van der Waals surface area contributed by atoms with Gasteiger partial charge in [-0.2, -0.15) is 13.2 Å². The molecule has 1 aliphatic rings. The second kappa shape index (κ2) is 10.4. The first kappa shape index (κ1) is 23.1. The molecular formula is C20H30F3N3O. The minimum atomic E-state index is -4.39. The second-order valence-corrected chi connectivity index (χ2v) is 7.01. The van der Waals surface area contributed by atoms with Crippen molar-refractivity contribution in [2.75, 3.05) is 13.6 Å². The molecule has 0 aliphatic heterocycles. The van der Waals surface area contributed by atoms with Gasteiger partial charge >= 0.3 is 6.18 Å². The topological polar surface area (TPSA) is 59.2 Å². The maximum absolute atomic E-state index is 12.6. The quantitative estimate of drug-likeness (QED) is 0.776. The molecule has 2 N–H and O–H groups in total. The summed E-state index contributed by atoms with van der Waals surface area (Å²) in [6.07, 6.45) is 3.18. The molecule has 0 bridgehead atoms. The maximum Gasteiger partial charge on any atom is 0.417 e. The predicted molar refractivity (Wildman–Crippen MR) is 101 cm³/mol. The van der Waals surface area contributed by atoms with Crippen LogP contribution in [0.25, 0.3) is 0 Å². The largest absolute Gasteiger partial charge is 0.417 e. The highest BCUT2D eigenvalue weighted by Gasteiger charge is 2.31. The van der Waals surface area contributed by atoms with Crippen LogP contribution in [0.2, 0.25) is 0 Å². The third-order valence-corrected chi connectivity index (χ3v) is 4.27. The Morgan fingerprint density at radius 3 is 2.44 bits per heavy atom. The number of amides is 1. The lowest BCUT2D eigenvalue weighted by molar-refractivity contribution is -0.137. The van der Waals surface area contributed by atoms with Gasteiger partial charge in [-0.1, -0.05) is 32.4 Å².